The lowest BCUT2D eigenvalue weighted by Gasteiger charge is -2.39. The number of nitrogens with one attached hydrogen (secondary N) is 2. The van der Waals surface area contributed by atoms with Gasteiger partial charge in [0.25, 0.3) is 5.91 Å². The molecule has 0 aliphatic heterocycles. The van der Waals surface area contributed by atoms with E-state index in [-0.39, 0.29) is 22.1 Å². The van der Waals surface area contributed by atoms with E-state index in [1.54, 1.807) is 6.07 Å². The Bertz CT molecular complexity index is 754. The Balaban J connectivity index is 2.21. The van der Waals surface area contributed by atoms with E-state index in [4.69, 9.17) is 4.74 Å². The van der Waals surface area contributed by atoms with Crippen molar-refractivity contribution in [1.82, 2.24) is 14.9 Å². The molecule has 2 N–H and O–H groups in total. The molecule has 1 amide bonds. The highest BCUT2D eigenvalue weighted by atomic mass is 32.2. The van der Waals surface area contributed by atoms with Gasteiger partial charge in [-0.3, -0.25) is 4.79 Å². The minimum absolute atomic E-state index is 0.0445. The maximum absolute atomic E-state index is 12.7. The van der Waals surface area contributed by atoms with Crippen LogP contribution in [0.1, 0.15) is 48.9 Å². The second-order valence-corrected chi connectivity index (χ2v) is 9.14. The lowest BCUT2D eigenvalue weighted by atomic mass is 9.88. The van der Waals surface area contributed by atoms with Crippen LogP contribution in [0.4, 0.5) is 0 Å². The second kappa shape index (κ2) is 9.03. The summed E-state index contributed by atoms with van der Waals surface area (Å²) in [7, 11) is 3.12. The van der Waals surface area contributed by atoms with Crippen molar-refractivity contribution in [1.29, 1.82) is 0 Å². The number of amides is 1. The zero-order chi connectivity index (χ0) is 20.1. The first kappa shape index (κ1) is 21.7. The van der Waals surface area contributed by atoms with Crippen LogP contribution >= 0.6 is 0 Å². The average molecular weight is 398 g/mol. The molecule has 7 nitrogen and oxygen atoms in total. The molecule has 1 aromatic rings. The molecule has 0 unspecified atom stereocenters. The fourth-order valence-electron chi connectivity index (χ4n) is 3.65. The summed E-state index contributed by atoms with van der Waals surface area (Å²) in [4.78, 5) is 14.9. The van der Waals surface area contributed by atoms with Crippen molar-refractivity contribution in [3.63, 3.8) is 0 Å². The van der Waals surface area contributed by atoms with Crippen LogP contribution in [0.15, 0.2) is 23.1 Å². The molecule has 1 aliphatic carbocycles. The van der Waals surface area contributed by atoms with E-state index < -0.39 is 10.0 Å². The Labute approximate surface area is 162 Å². The van der Waals surface area contributed by atoms with Gasteiger partial charge in [-0.05, 0) is 52.2 Å². The van der Waals surface area contributed by atoms with Crippen LogP contribution in [0.2, 0.25) is 0 Å². The molecular weight excluding hydrogens is 366 g/mol. The molecule has 1 saturated carbocycles. The summed E-state index contributed by atoms with van der Waals surface area (Å²) in [5.74, 6) is -0.0786. The van der Waals surface area contributed by atoms with Gasteiger partial charge in [0, 0.05) is 17.6 Å². The van der Waals surface area contributed by atoms with E-state index in [9.17, 15) is 13.2 Å². The minimum atomic E-state index is -3.73. The summed E-state index contributed by atoms with van der Waals surface area (Å²) in [5, 5.41) is 3.02. The van der Waals surface area contributed by atoms with Gasteiger partial charge in [0.1, 0.15) is 10.6 Å². The van der Waals surface area contributed by atoms with Crippen molar-refractivity contribution >= 4 is 15.9 Å². The number of ether oxygens (including phenoxy) is 1. The standard InChI is InChI=1S/C19H31N3O4S/c1-20-27(24,25)17-13-15(9-10-16(17)26-4)18(23)21-14-19(22(2)3)11-7-5-6-8-12-19/h9-10,13,20H,5-8,11-12,14H2,1-4H3,(H,21,23). The lowest BCUT2D eigenvalue weighted by Crippen LogP contribution is -2.52. The molecule has 1 aromatic carbocycles. The molecule has 0 saturated heterocycles. The first-order valence-corrected chi connectivity index (χ1v) is 10.8. The van der Waals surface area contributed by atoms with Gasteiger partial charge in [-0.15, -0.1) is 0 Å². The third-order valence-corrected chi connectivity index (χ3v) is 6.98. The summed E-state index contributed by atoms with van der Waals surface area (Å²) >= 11 is 0. The molecule has 2 rings (SSSR count). The molecule has 152 valence electrons. The van der Waals surface area contributed by atoms with Crippen LogP contribution in [0.3, 0.4) is 0 Å². The molecule has 1 aliphatic rings. The predicted octanol–water partition coefficient (Wildman–Crippen LogP) is 1.99. The zero-order valence-corrected chi connectivity index (χ0v) is 17.5. The smallest absolute Gasteiger partial charge is 0.251 e. The van der Waals surface area contributed by atoms with Crippen molar-refractivity contribution < 1.29 is 17.9 Å². The number of hydrogen-bond donors (Lipinski definition) is 2. The van der Waals surface area contributed by atoms with Gasteiger partial charge >= 0.3 is 0 Å². The molecule has 1 fully saturated rings. The Hall–Kier alpha value is -1.64. The largest absolute Gasteiger partial charge is 0.495 e. The quantitative estimate of drug-likeness (QED) is 0.687. The Morgan fingerprint density at radius 2 is 1.81 bits per heavy atom. The lowest BCUT2D eigenvalue weighted by molar-refractivity contribution is 0.0869. The summed E-state index contributed by atoms with van der Waals surface area (Å²) in [5.41, 5.74) is 0.241. The fourth-order valence-corrected chi connectivity index (χ4v) is 4.57. The molecule has 0 bridgehead atoms. The number of carbonyl (C=O) groups excluding carboxylic acids is 1. The SMILES string of the molecule is CNS(=O)(=O)c1cc(C(=O)NCC2(N(C)C)CCCCCC2)ccc1OC. The van der Waals surface area contributed by atoms with E-state index >= 15 is 0 Å². The summed E-state index contributed by atoms with van der Waals surface area (Å²) in [6.07, 6.45) is 6.85. The number of carbonyl (C=O) groups is 1. The van der Waals surface area contributed by atoms with Crippen LogP contribution < -0.4 is 14.8 Å². The first-order chi connectivity index (χ1) is 12.8. The van der Waals surface area contributed by atoms with Gasteiger partial charge in [0.2, 0.25) is 10.0 Å². The first-order valence-electron chi connectivity index (χ1n) is 9.33. The normalized spacial score (nSPS) is 17.4. The summed E-state index contributed by atoms with van der Waals surface area (Å²) < 4.78 is 31.8. The Morgan fingerprint density at radius 3 is 2.33 bits per heavy atom. The van der Waals surface area contributed by atoms with Gasteiger partial charge in [0.05, 0.1) is 7.11 Å². The fraction of sp³-hybridized carbons (Fsp3) is 0.632. The van der Waals surface area contributed by atoms with Crippen LogP contribution in [0.5, 0.6) is 5.75 Å². The van der Waals surface area contributed by atoms with E-state index in [0.29, 0.717) is 12.1 Å². The highest BCUT2D eigenvalue weighted by Gasteiger charge is 2.33. The van der Waals surface area contributed by atoms with Gasteiger partial charge < -0.3 is 15.0 Å². The zero-order valence-electron chi connectivity index (χ0n) is 16.7. The van der Waals surface area contributed by atoms with Crippen molar-refractivity contribution in [3.8, 4) is 5.75 Å². The molecule has 0 spiro atoms. The Morgan fingerprint density at radius 1 is 1.19 bits per heavy atom. The van der Waals surface area contributed by atoms with Crippen LogP contribution in [-0.2, 0) is 10.0 Å². The van der Waals surface area contributed by atoms with E-state index in [1.165, 1.54) is 39.1 Å². The molecule has 8 heteroatoms. The predicted molar refractivity (Wildman–Crippen MR) is 106 cm³/mol. The average Bonchev–Trinajstić information content (AvgIpc) is 2.92. The van der Waals surface area contributed by atoms with E-state index in [1.807, 2.05) is 0 Å². The highest BCUT2D eigenvalue weighted by molar-refractivity contribution is 7.89. The van der Waals surface area contributed by atoms with Gasteiger partial charge in [-0.2, -0.15) is 0 Å². The number of hydrogen-bond acceptors (Lipinski definition) is 5. The van der Waals surface area contributed by atoms with E-state index in [2.05, 4.69) is 29.0 Å². The van der Waals surface area contributed by atoms with Gasteiger partial charge in [0.15, 0.2) is 0 Å². The summed E-state index contributed by atoms with van der Waals surface area (Å²) in [6, 6.07) is 4.44. The molecule has 0 atom stereocenters. The molecule has 27 heavy (non-hydrogen) atoms. The third-order valence-electron chi connectivity index (χ3n) is 5.55. The number of benzene rings is 1. The number of nitrogens with zero attached hydrogens (tertiary/aromatic N) is 1. The number of rotatable bonds is 7. The Kier molecular flexibility index (Phi) is 7.25. The number of sulfonamides is 1. The maximum atomic E-state index is 12.7. The second-order valence-electron chi connectivity index (χ2n) is 7.29. The maximum Gasteiger partial charge on any atom is 0.251 e. The molecule has 0 radical (unpaired) electrons. The number of likely N-dealkylation sites (N-methyl/N-ethyl adjacent to an activating group) is 1. The van der Waals surface area contributed by atoms with Gasteiger partial charge in [-0.1, -0.05) is 25.7 Å². The topological polar surface area (TPSA) is 87.7 Å². The van der Waals surface area contributed by atoms with Crippen molar-refractivity contribution in [2.75, 3.05) is 34.8 Å². The molecule has 0 heterocycles. The van der Waals surface area contributed by atoms with Gasteiger partial charge in [-0.25, -0.2) is 13.1 Å². The van der Waals surface area contributed by atoms with E-state index in [0.717, 1.165) is 25.7 Å². The van der Waals surface area contributed by atoms with Crippen molar-refractivity contribution in [2.45, 2.75) is 49.0 Å². The monoisotopic (exact) mass is 397 g/mol. The van der Waals surface area contributed by atoms with Crippen molar-refractivity contribution in [2.24, 2.45) is 0 Å². The summed E-state index contributed by atoms with van der Waals surface area (Å²) in [6.45, 7) is 0.541. The van der Waals surface area contributed by atoms with Crippen LogP contribution in [0, 0.1) is 0 Å². The number of methoxy groups -OCH3 is 1. The minimum Gasteiger partial charge on any atom is -0.495 e. The molecule has 0 aromatic heterocycles. The van der Waals surface area contributed by atoms with Crippen LogP contribution in [-0.4, -0.2) is 59.6 Å². The third kappa shape index (κ3) is 5.00. The highest BCUT2D eigenvalue weighted by Crippen LogP contribution is 2.31. The van der Waals surface area contributed by atoms with Crippen LogP contribution in [0.25, 0.3) is 0 Å². The molecular formula is C19H31N3O4S. The van der Waals surface area contributed by atoms with Crippen molar-refractivity contribution in [3.05, 3.63) is 23.8 Å².